The molecule has 2 aromatic rings. The number of rotatable bonds is 8. The normalized spacial score (nSPS) is 12.7. The van der Waals surface area contributed by atoms with E-state index in [-0.39, 0.29) is 0 Å². The quantitative estimate of drug-likeness (QED) is 0.782. The number of hydrogen-bond acceptors (Lipinski definition) is 5. The molecule has 0 aromatic carbocycles. The fraction of sp³-hybridized carbons (Fsp3) is 0.385. The molecule has 3 nitrogen and oxygen atoms in total. The van der Waals surface area contributed by atoms with Gasteiger partial charge in [-0.15, -0.1) is 11.3 Å². The van der Waals surface area contributed by atoms with E-state index in [9.17, 15) is 5.11 Å². The molecule has 0 aliphatic heterocycles. The van der Waals surface area contributed by atoms with Crippen LogP contribution >= 0.6 is 22.7 Å². The minimum absolute atomic E-state index is 0.370. The number of hydrogen-bond donors (Lipinski definition) is 2. The number of aliphatic hydroxyl groups is 1. The molecule has 5 heteroatoms. The van der Waals surface area contributed by atoms with Gasteiger partial charge in [-0.3, -0.25) is 0 Å². The lowest BCUT2D eigenvalue weighted by molar-refractivity contribution is 0.0297. The first-order valence-electron chi connectivity index (χ1n) is 5.84. The van der Waals surface area contributed by atoms with Gasteiger partial charge in [0.1, 0.15) is 0 Å². The zero-order valence-electron chi connectivity index (χ0n) is 10.0. The highest BCUT2D eigenvalue weighted by atomic mass is 32.1. The van der Waals surface area contributed by atoms with E-state index in [1.165, 1.54) is 10.4 Å². The van der Waals surface area contributed by atoms with Crippen LogP contribution < -0.4 is 5.32 Å². The Hall–Kier alpha value is -0.720. The summed E-state index contributed by atoms with van der Waals surface area (Å²) >= 11 is 3.35. The second-order valence-corrected chi connectivity index (χ2v) is 5.82. The largest absolute Gasteiger partial charge is 0.389 e. The van der Waals surface area contributed by atoms with Crippen molar-refractivity contribution in [3.8, 4) is 0 Å². The summed E-state index contributed by atoms with van der Waals surface area (Å²) in [4.78, 5) is 1.19. The van der Waals surface area contributed by atoms with Crippen LogP contribution in [0.2, 0.25) is 0 Å². The van der Waals surface area contributed by atoms with E-state index in [1.54, 1.807) is 22.7 Å². The van der Waals surface area contributed by atoms with Crippen LogP contribution in [0.3, 0.4) is 0 Å². The smallest absolute Gasteiger partial charge is 0.0897 e. The lowest BCUT2D eigenvalue weighted by Crippen LogP contribution is -2.29. The van der Waals surface area contributed by atoms with Gasteiger partial charge in [-0.1, -0.05) is 6.07 Å². The lowest BCUT2D eigenvalue weighted by Gasteiger charge is -2.11. The summed E-state index contributed by atoms with van der Waals surface area (Å²) in [5.41, 5.74) is 1.26. The maximum atomic E-state index is 9.72. The van der Waals surface area contributed by atoms with E-state index >= 15 is 0 Å². The third-order valence-electron chi connectivity index (χ3n) is 2.42. The molecule has 0 fully saturated rings. The summed E-state index contributed by atoms with van der Waals surface area (Å²) in [7, 11) is 0. The first-order chi connectivity index (χ1) is 8.84. The molecule has 0 radical (unpaired) electrons. The van der Waals surface area contributed by atoms with E-state index in [0.29, 0.717) is 19.8 Å². The molecule has 0 saturated heterocycles. The number of aliphatic hydroxyl groups excluding tert-OH is 1. The van der Waals surface area contributed by atoms with Gasteiger partial charge in [0.15, 0.2) is 0 Å². The molecule has 1 unspecified atom stereocenters. The molecule has 0 aliphatic carbocycles. The molecule has 0 aliphatic rings. The topological polar surface area (TPSA) is 41.5 Å². The van der Waals surface area contributed by atoms with E-state index in [0.717, 1.165) is 6.54 Å². The van der Waals surface area contributed by atoms with Gasteiger partial charge in [0.05, 0.1) is 19.3 Å². The summed E-state index contributed by atoms with van der Waals surface area (Å²) in [5, 5.41) is 19.1. The molecule has 0 amide bonds. The summed E-state index contributed by atoms with van der Waals surface area (Å²) in [6, 6.07) is 6.12. The van der Waals surface area contributed by atoms with Crippen LogP contribution in [-0.4, -0.2) is 24.4 Å². The minimum atomic E-state index is -0.455. The van der Waals surface area contributed by atoms with Crippen molar-refractivity contribution in [3.63, 3.8) is 0 Å². The Bertz CT molecular complexity index is 374. The molecule has 2 N–H and O–H groups in total. The molecule has 18 heavy (non-hydrogen) atoms. The van der Waals surface area contributed by atoms with Crippen molar-refractivity contribution in [1.82, 2.24) is 5.32 Å². The summed E-state index contributed by atoms with van der Waals surface area (Å²) in [6.45, 7) is 2.31. The summed E-state index contributed by atoms with van der Waals surface area (Å²) < 4.78 is 5.45. The first-order valence-corrected chi connectivity index (χ1v) is 7.67. The monoisotopic (exact) mass is 283 g/mol. The third-order valence-corrected chi connectivity index (χ3v) is 4.01. The van der Waals surface area contributed by atoms with Gasteiger partial charge in [0.25, 0.3) is 0 Å². The molecular formula is C13H17NO2S2. The fourth-order valence-electron chi connectivity index (χ4n) is 1.53. The Balaban J connectivity index is 1.53. The second-order valence-electron chi connectivity index (χ2n) is 4.01. The maximum absolute atomic E-state index is 9.72. The minimum Gasteiger partial charge on any atom is -0.389 e. The zero-order valence-corrected chi connectivity index (χ0v) is 11.7. The lowest BCUT2D eigenvalue weighted by atomic mass is 10.3. The Labute approximate surface area is 115 Å². The third kappa shape index (κ3) is 4.88. The van der Waals surface area contributed by atoms with Crippen LogP contribution in [-0.2, 0) is 17.9 Å². The van der Waals surface area contributed by atoms with Crippen molar-refractivity contribution in [1.29, 1.82) is 0 Å². The molecule has 0 bridgehead atoms. The SMILES string of the molecule is OC(CNCc1ccsc1)COCc1cccs1. The standard InChI is InChI=1S/C13H17NO2S2/c15-12(7-14-6-11-3-5-17-10-11)8-16-9-13-2-1-4-18-13/h1-5,10,12,14-15H,6-9H2. The Kier molecular flexibility index (Phi) is 5.83. The molecule has 1 atom stereocenters. The highest BCUT2D eigenvalue weighted by Crippen LogP contribution is 2.09. The maximum Gasteiger partial charge on any atom is 0.0897 e. The van der Waals surface area contributed by atoms with Gasteiger partial charge in [0, 0.05) is 18.0 Å². The van der Waals surface area contributed by atoms with Crippen molar-refractivity contribution in [2.75, 3.05) is 13.2 Å². The van der Waals surface area contributed by atoms with Gasteiger partial charge in [-0.05, 0) is 33.8 Å². The van der Waals surface area contributed by atoms with Crippen LogP contribution in [0, 0.1) is 0 Å². The van der Waals surface area contributed by atoms with Crippen LogP contribution in [0.1, 0.15) is 10.4 Å². The van der Waals surface area contributed by atoms with Crippen molar-refractivity contribution in [3.05, 3.63) is 44.8 Å². The van der Waals surface area contributed by atoms with Crippen LogP contribution in [0.25, 0.3) is 0 Å². The fourth-order valence-corrected chi connectivity index (χ4v) is 2.83. The molecule has 0 spiro atoms. The summed E-state index contributed by atoms with van der Waals surface area (Å²) in [6.07, 6.45) is -0.455. The van der Waals surface area contributed by atoms with Gasteiger partial charge >= 0.3 is 0 Å². The molecule has 2 aromatic heterocycles. The number of thiophene rings is 2. The molecule has 0 saturated carbocycles. The molecule has 2 rings (SSSR count). The van der Waals surface area contributed by atoms with E-state index in [1.807, 2.05) is 17.5 Å². The van der Waals surface area contributed by atoms with E-state index < -0.39 is 6.10 Å². The van der Waals surface area contributed by atoms with Crippen LogP contribution in [0.5, 0.6) is 0 Å². The highest BCUT2D eigenvalue weighted by Gasteiger charge is 2.04. The van der Waals surface area contributed by atoms with Gasteiger partial charge < -0.3 is 15.2 Å². The van der Waals surface area contributed by atoms with Gasteiger partial charge in [-0.25, -0.2) is 0 Å². The predicted molar refractivity (Wildman–Crippen MR) is 76.0 cm³/mol. The van der Waals surface area contributed by atoms with Crippen molar-refractivity contribution < 1.29 is 9.84 Å². The predicted octanol–water partition coefficient (Wildman–Crippen LogP) is 2.48. The zero-order chi connectivity index (χ0) is 12.6. The van der Waals surface area contributed by atoms with Gasteiger partial charge in [-0.2, -0.15) is 11.3 Å². The number of nitrogens with one attached hydrogen (secondary N) is 1. The van der Waals surface area contributed by atoms with E-state index in [2.05, 4.69) is 22.1 Å². The van der Waals surface area contributed by atoms with Crippen molar-refractivity contribution >= 4 is 22.7 Å². The van der Waals surface area contributed by atoms with Gasteiger partial charge in [0.2, 0.25) is 0 Å². The van der Waals surface area contributed by atoms with Crippen LogP contribution in [0.15, 0.2) is 34.3 Å². The second kappa shape index (κ2) is 7.66. The average Bonchev–Trinajstić information content (AvgIpc) is 3.01. The van der Waals surface area contributed by atoms with Crippen LogP contribution in [0.4, 0.5) is 0 Å². The Morgan fingerprint density at radius 2 is 2.28 bits per heavy atom. The molecule has 2 heterocycles. The van der Waals surface area contributed by atoms with Crippen molar-refractivity contribution in [2.45, 2.75) is 19.3 Å². The Morgan fingerprint density at radius 3 is 3.00 bits per heavy atom. The number of ether oxygens (including phenoxy) is 1. The average molecular weight is 283 g/mol. The molecular weight excluding hydrogens is 266 g/mol. The van der Waals surface area contributed by atoms with Crippen molar-refractivity contribution in [2.24, 2.45) is 0 Å². The first kappa shape index (κ1) is 13.7. The highest BCUT2D eigenvalue weighted by molar-refractivity contribution is 7.09. The Morgan fingerprint density at radius 1 is 1.33 bits per heavy atom. The van der Waals surface area contributed by atoms with E-state index in [4.69, 9.17) is 4.74 Å². The molecule has 98 valence electrons. The summed E-state index contributed by atoms with van der Waals surface area (Å²) in [5.74, 6) is 0.